The molecule has 134 valence electrons. The molecule has 0 spiro atoms. The number of hydrogen-bond acceptors (Lipinski definition) is 8. The number of nitro benzene ring substituents is 2. The van der Waals surface area contributed by atoms with Crippen LogP contribution in [0.3, 0.4) is 0 Å². The van der Waals surface area contributed by atoms with Crippen LogP contribution in [0, 0.1) is 20.2 Å². The van der Waals surface area contributed by atoms with E-state index in [1.165, 1.54) is 0 Å². The summed E-state index contributed by atoms with van der Waals surface area (Å²) in [5.74, 6) is -1.20. The molecular formula is C10H10N2Na2O11S. The third-order valence-corrected chi connectivity index (χ3v) is 3.53. The van der Waals surface area contributed by atoms with E-state index in [4.69, 9.17) is 0 Å². The van der Waals surface area contributed by atoms with Crippen molar-refractivity contribution in [3.05, 3.63) is 44.5 Å². The van der Waals surface area contributed by atoms with Gasteiger partial charge in [0.1, 0.15) is 10.1 Å². The van der Waals surface area contributed by atoms with Gasteiger partial charge < -0.3 is 26.1 Å². The molecule has 2 aromatic rings. The van der Waals surface area contributed by atoms with Crippen molar-refractivity contribution in [2.24, 2.45) is 0 Å². The van der Waals surface area contributed by atoms with Crippen LogP contribution in [0.25, 0.3) is 10.8 Å². The number of hydrogen-bond donors (Lipinski definition) is 0. The van der Waals surface area contributed by atoms with Gasteiger partial charge in [-0.1, -0.05) is 0 Å². The minimum absolute atomic E-state index is 0. The second-order valence-electron chi connectivity index (χ2n) is 3.92. The molecule has 2 rings (SSSR count). The summed E-state index contributed by atoms with van der Waals surface area (Å²) >= 11 is 0. The van der Waals surface area contributed by atoms with E-state index in [-0.39, 0.29) is 80.9 Å². The summed E-state index contributed by atoms with van der Waals surface area (Å²) < 4.78 is 32.7. The number of non-ortho nitro benzene ring substituents is 1. The van der Waals surface area contributed by atoms with Crippen molar-refractivity contribution in [3.63, 3.8) is 0 Å². The Hall–Kier alpha value is -0.910. The van der Waals surface area contributed by atoms with E-state index < -0.39 is 47.4 Å². The molecule has 26 heavy (non-hydrogen) atoms. The fourth-order valence-electron chi connectivity index (χ4n) is 1.79. The van der Waals surface area contributed by atoms with Crippen LogP contribution in [0.15, 0.2) is 29.2 Å². The Morgan fingerprint density at radius 1 is 0.808 bits per heavy atom. The molecule has 16 heteroatoms. The maximum atomic E-state index is 11.9. The van der Waals surface area contributed by atoms with Gasteiger partial charge in [-0.05, 0) is 29.3 Å². The summed E-state index contributed by atoms with van der Waals surface area (Å²) in [6.07, 6.45) is 0. The molecule has 0 atom stereocenters. The van der Waals surface area contributed by atoms with E-state index in [0.717, 1.165) is 12.1 Å². The summed E-state index contributed by atoms with van der Waals surface area (Å²) in [4.78, 5) is 18.7. The maximum Gasteiger partial charge on any atom is 1.00 e. The SMILES string of the molecule is O.O.O.O=[N+]([O-])c1cc([N+](=O)[O-])c2ccc(S(=O)(=O)[O-])cc2c1[O-].[Na+].[Na+]. The Labute approximate surface area is 189 Å². The monoisotopic (exact) mass is 412 g/mol. The molecule has 0 saturated heterocycles. The Morgan fingerprint density at radius 3 is 1.65 bits per heavy atom. The minimum atomic E-state index is -4.91. The molecule has 6 N–H and O–H groups in total. The molecule has 2 aromatic carbocycles. The molecule has 0 unspecified atom stereocenters. The van der Waals surface area contributed by atoms with Crippen LogP contribution in [0.5, 0.6) is 5.75 Å². The first-order chi connectivity index (χ1) is 9.62. The van der Waals surface area contributed by atoms with Crippen molar-refractivity contribution in [1.82, 2.24) is 0 Å². The van der Waals surface area contributed by atoms with Gasteiger partial charge in [0.05, 0.1) is 26.2 Å². The zero-order chi connectivity index (χ0) is 15.9. The van der Waals surface area contributed by atoms with Crippen molar-refractivity contribution in [1.29, 1.82) is 0 Å². The second kappa shape index (κ2) is 11.7. The molecular weight excluding hydrogens is 402 g/mol. The summed E-state index contributed by atoms with van der Waals surface area (Å²) in [5, 5.41) is 32.6. The topological polar surface area (TPSA) is 261 Å². The van der Waals surface area contributed by atoms with Crippen LogP contribution in [-0.4, -0.2) is 39.2 Å². The Kier molecular flexibility index (Phi) is 14.8. The first-order valence-electron chi connectivity index (χ1n) is 5.15. The van der Waals surface area contributed by atoms with Crippen molar-refractivity contribution >= 4 is 32.3 Å². The van der Waals surface area contributed by atoms with Crippen molar-refractivity contribution in [3.8, 4) is 5.75 Å². The molecule has 0 aromatic heterocycles. The largest absolute Gasteiger partial charge is 1.00 e. The van der Waals surface area contributed by atoms with Crippen LogP contribution < -0.4 is 64.2 Å². The molecule has 13 nitrogen and oxygen atoms in total. The average molecular weight is 412 g/mol. The van der Waals surface area contributed by atoms with Gasteiger partial charge in [0.15, 0.2) is 0 Å². The van der Waals surface area contributed by atoms with Gasteiger partial charge in [0, 0.05) is 0 Å². The zero-order valence-electron chi connectivity index (χ0n) is 13.4. The van der Waals surface area contributed by atoms with E-state index >= 15 is 0 Å². The summed E-state index contributed by atoms with van der Waals surface area (Å²) in [7, 11) is -4.91. The summed E-state index contributed by atoms with van der Waals surface area (Å²) in [6, 6.07) is 2.78. The number of fused-ring (bicyclic) bond motifs is 1. The van der Waals surface area contributed by atoms with Gasteiger partial charge in [-0.3, -0.25) is 20.2 Å². The van der Waals surface area contributed by atoms with Gasteiger partial charge in [-0.2, -0.15) is 0 Å². The molecule has 0 saturated carbocycles. The second-order valence-corrected chi connectivity index (χ2v) is 5.30. The standard InChI is InChI=1S/C10H6N2O8S.2Na.3H2O/c13-10-7-3-5(21(18,19)20)1-2-6(7)8(11(14)15)4-9(10)12(16)17;;;;;/h1-4,13H,(H,18,19,20);;;3*1H2/q;2*+1;;;/p-2. The Bertz CT molecular complexity index is 903. The van der Waals surface area contributed by atoms with E-state index in [0.29, 0.717) is 12.1 Å². The Morgan fingerprint density at radius 2 is 1.27 bits per heavy atom. The first-order valence-corrected chi connectivity index (χ1v) is 6.56. The van der Waals surface area contributed by atoms with E-state index in [1.807, 2.05) is 0 Å². The van der Waals surface area contributed by atoms with Crippen LogP contribution in [0.2, 0.25) is 0 Å². The van der Waals surface area contributed by atoms with Crippen LogP contribution >= 0.6 is 0 Å². The number of nitro groups is 2. The summed E-state index contributed by atoms with van der Waals surface area (Å²) in [6.45, 7) is 0. The number of benzene rings is 2. The van der Waals surface area contributed by atoms with Crippen molar-refractivity contribution < 1.29 is 103 Å². The third kappa shape index (κ3) is 6.36. The molecule has 0 aliphatic carbocycles. The normalized spacial score (nSPS) is 9.27. The molecule has 0 aliphatic rings. The quantitative estimate of drug-likeness (QED) is 0.202. The predicted molar refractivity (Wildman–Crippen MR) is 75.5 cm³/mol. The zero-order valence-corrected chi connectivity index (χ0v) is 18.2. The first kappa shape index (κ1) is 32.7. The van der Waals surface area contributed by atoms with Crippen LogP contribution in [0.1, 0.15) is 0 Å². The molecule has 0 bridgehead atoms. The van der Waals surface area contributed by atoms with Gasteiger partial charge in [0.25, 0.3) is 11.4 Å². The molecule has 0 radical (unpaired) electrons. The minimum Gasteiger partial charge on any atom is -0.867 e. The van der Waals surface area contributed by atoms with Gasteiger partial charge in [-0.25, -0.2) is 8.42 Å². The van der Waals surface area contributed by atoms with Gasteiger partial charge >= 0.3 is 59.1 Å². The fraction of sp³-hybridized carbons (Fsp3) is 0. The number of nitrogens with zero attached hydrogens (tertiary/aromatic N) is 2. The Balaban J connectivity index is -0.000000484. The molecule has 0 fully saturated rings. The molecule has 0 aliphatic heterocycles. The van der Waals surface area contributed by atoms with Crippen molar-refractivity contribution in [2.45, 2.75) is 4.90 Å². The maximum absolute atomic E-state index is 11.9. The van der Waals surface area contributed by atoms with Crippen LogP contribution in [0.4, 0.5) is 11.4 Å². The molecule has 0 amide bonds. The summed E-state index contributed by atoms with van der Waals surface area (Å²) in [5.41, 5.74) is -1.80. The van der Waals surface area contributed by atoms with Gasteiger partial charge in [0.2, 0.25) is 0 Å². The number of rotatable bonds is 3. The fourth-order valence-corrected chi connectivity index (χ4v) is 2.28. The van der Waals surface area contributed by atoms with Crippen molar-refractivity contribution in [2.75, 3.05) is 0 Å². The smallest absolute Gasteiger partial charge is 0.867 e. The van der Waals surface area contributed by atoms with E-state index in [2.05, 4.69) is 0 Å². The third-order valence-electron chi connectivity index (χ3n) is 2.70. The predicted octanol–water partition coefficient (Wildman–Crippen LogP) is -7.83. The molecule has 0 heterocycles. The average Bonchev–Trinajstić information content (AvgIpc) is 2.36. The van der Waals surface area contributed by atoms with Crippen LogP contribution in [-0.2, 0) is 10.1 Å². The van der Waals surface area contributed by atoms with Gasteiger partial charge in [-0.15, -0.1) is 0 Å². The van der Waals surface area contributed by atoms with E-state index in [1.54, 1.807) is 0 Å². The van der Waals surface area contributed by atoms with E-state index in [9.17, 15) is 38.3 Å².